The minimum atomic E-state index is -4.58. The second kappa shape index (κ2) is 6.50. The Kier molecular flexibility index (Phi) is 4.08. The van der Waals surface area contributed by atoms with Crippen molar-refractivity contribution < 1.29 is 23.1 Å². The molecule has 2 atom stereocenters. The summed E-state index contributed by atoms with van der Waals surface area (Å²) < 4.78 is 41.6. The minimum absolute atomic E-state index is 0.0739. The van der Waals surface area contributed by atoms with Crippen molar-refractivity contribution in [3.63, 3.8) is 0 Å². The standard InChI is InChI=1S/C22H18F3N3O3/c1-12-4-2-5-13(8-12)19(29)26-11-16-10-17(26)18-20(30)28(21(31)27(16)18)15-7-3-6-14(9-15)22(23,24)25/h2-9,16-17,30H,10-11H2,1H3. The first-order valence-electron chi connectivity index (χ1n) is 9.78. The van der Waals surface area contributed by atoms with Crippen LogP contribution in [0.4, 0.5) is 13.2 Å². The Bertz CT molecular complexity index is 1270. The van der Waals surface area contributed by atoms with E-state index in [1.54, 1.807) is 23.1 Å². The predicted molar refractivity (Wildman–Crippen MR) is 105 cm³/mol. The van der Waals surface area contributed by atoms with E-state index in [9.17, 15) is 27.9 Å². The van der Waals surface area contributed by atoms with Crippen molar-refractivity contribution in [3.05, 3.63) is 81.4 Å². The maximum atomic E-state index is 13.1. The number of hydrogen-bond donors (Lipinski definition) is 1. The van der Waals surface area contributed by atoms with Crippen LogP contribution in [0.15, 0.2) is 53.3 Å². The molecule has 1 aromatic heterocycles. The van der Waals surface area contributed by atoms with Gasteiger partial charge >= 0.3 is 11.9 Å². The first-order chi connectivity index (χ1) is 14.7. The van der Waals surface area contributed by atoms with Gasteiger partial charge in [0.25, 0.3) is 5.91 Å². The normalized spacial score (nSPS) is 19.7. The van der Waals surface area contributed by atoms with Gasteiger partial charge in [-0.3, -0.25) is 9.36 Å². The molecule has 9 heteroatoms. The minimum Gasteiger partial charge on any atom is -0.493 e. The van der Waals surface area contributed by atoms with E-state index in [2.05, 4.69) is 0 Å². The van der Waals surface area contributed by atoms with Crippen LogP contribution in [0.1, 0.15) is 45.7 Å². The van der Waals surface area contributed by atoms with Gasteiger partial charge in [0.05, 0.1) is 23.3 Å². The number of carbonyl (C=O) groups is 1. The Labute approximate surface area is 174 Å². The number of benzene rings is 2. The van der Waals surface area contributed by atoms with E-state index in [-0.39, 0.29) is 23.3 Å². The molecule has 1 fully saturated rings. The van der Waals surface area contributed by atoms with Crippen LogP contribution in [0.25, 0.3) is 5.69 Å². The zero-order chi connectivity index (χ0) is 22.1. The number of aromatic nitrogens is 2. The Morgan fingerprint density at radius 1 is 1.13 bits per heavy atom. The van der Waals surface area contributed by atoms with Gasteiger partial charge in [0.15, 0.2) is 0 Å². The number of halogens is 3. The van der Waals surface area contributed by atoms with E-state index in [1.165, 1.54) is 16.7 Å². The number of alkyl halides is 3. The first kappa shape index (κ1) is 19.5. The van der Waals surface area contributed by atoms with Crippen LogP contribution in [-0.2, 0) is 6.18 Å². The molecule has 0 aliphatic carbocycles. The van der Waals surface area contributed by atoms with Crippen LogP contribution in [0, 0.1) is 6.92 Å². The number of aryl methyl sites for hydroxylation is 1. The number of aromatic hydroxyl groups is 1. The fourth-order valence-corrected chi connectivity index (χ4v) is 4.67. The molecule has 2 unspecified atom stereocenters. The summed E-state index contributed by atoms with van der Waals surface area (Å²) in [5.41, 5.74) is 0.114. The van der Waals surface area contributed by atoms with Crippen molar-refractivity contribution in [2.24, 2.45) is 0 Å². The van der Waals surface area contributed by atoms with Crippen LogP contribution in [0.5, 0.6) is 5.88 Å². The summed E-state index contributed by atoms with van der Waals surface area (Å²) >= 11 is 0. The number of rotatable bonds is 2. The molecule has 0 spiro atoms. The van der Waals surface area contributed by atoms with E-state index in [0.29, 0.717) is 18.5 Å². The molecule has 3 aromatic rings. The SMILES string of the molecule is Cc1cccc(C(=O)N2CC3CC2c2c(O)n(-c4cccc(C(F)(F)F)c4)c(=O)n23)c1. The van der Waals surface area contributed by atoms with Gasteiger partial charge in [-0.1, -0.05) is 23.8 Å². The van der Waals surface area contributed by atoms with Gasteiger partial charge in [0.1, 0.15) is 5.69 Å². The Morgan fingerprint density at radius 3 is 2.58 bits per heavy atom. The van der Waals surface area contributed by atoms with Gasteiger partial charge in [-0.15, -0.1) is 0 Å². The molecular formula is C22H18F3N3O3. The van der Waals surface area contributed by atoms with Crippen molar-refractivity contribution >= 4 is 5.91 Å². The number of likely N-dealkylation sites (tertiary alicyclic amines) is 1. The maximum Gasteiger partial charge on any atom is 0.416 e. The molecule has 31 heavy (non-hydrogen) atoms. The Morgan fingerprint density at radius 2 is 1.87 bits per heavy atom. The summed E-state index contributed by atoms with van der Waals surface area (Å²) in [5, 5.41) is 10.8. The molecule has 0 radical (unpaired) electrons. The lowest BCUT2D eigenvalue weighted by molar-refractivity contribution is -0.137. The zero-order valence-corrected chi connectivity index (χ0v) is 16.4. The van der Waals surface area contributed by atoms with Crippen LogP contribution in [-0.4, -0.2) is 31.6 Å². The number of amides is 1. The van der Waals surface area contributed by atoms with Gasteiger partial charge < -0.3 is 10.0 Å². The molecule has 0 saturated carbocycles. The molecule has 2 bridgehead atoms. The molecule has 1 N–H and O–H groups in total. The van der Waals surface area contributed by atoms with Gasteiger partial charge in [-0.25, -0.2) is 9.36 Å². The highest BCUT2D eigenvalue weighted by molar-refractivity contribution is 5.95. The van der Waals surface area contributed by atoms with Gasteiger partial charge in [0, 0.05) is 12.1 Å². The Balaban J connectivity index is 1.56. The molecule has 5 rings (SSSR count). The highest BCUT2D eigenvalue weighted by atomic mass is 19.4. The molecule has 160 valence electrons. The van der Waals surface area contributed by atoms with E-state index in [4.69, 9.17) is 0 Å². The van der Waals surface area contributed by atoms with Crippen molar-refractivity contribution in [3.8, 4) is 11.6 Å². The van der Waals surface area contributed by atoms with Crippen molar-refractivity contribution in [1.82, 2.24) is 14.0 Å². The van der Waals surface area contributed by atoms with Crippen LogP contribution < -0.4 is 5.69 Å². The maximum absolute atomic E-state index is 13.1. The van der Waals surface area contributed by atoms with E-state index >= 15 is 0 Å². The third kappa shape index (κ3) is 2.87. The second-order valence-electron chi connectivity index (χ2n) is 7.98. The molecule has 3 heterocycles. The molecule has 1 saturated heterocycles. The van der Waals surface area contributed by atoms with E-state index in [1.807, 2.05) is 13.0 Å². The van der Waals surface area contributed by atoms with Gasteiger partial charge in [0.2, 0.25) is 5.88 Å². The molecule has 2 aliphatic rings. The highest BCUT2D eigenvalue weighted by Gasteiger charge is 2.49. The Hall–Kier alpha value is -3.49. The summed E-state index contributed by atoms with van der Waals surface area (Å²) in [7, 11) is 0. The summed E-state index contributed by atoms with van der Waals surface area (Å²) in [6.45, 7) is 2.18. The number of hydrogen-bond acceptors (Lipinski definition) is 3. The highest BCUT2D eigenvalue weighted by Crippen LogP contribution is 2.49. The van der Waals surface area contributed by atoms with Crippen molar-refractivity contribution in [1.29, 1.82) is 0 Å². The predicted octanol–water partition coefficient (Wildman–Crippen LogP) is 3.81. The molecule has 6 nitrogen and oxygen atoms in total. The third-order valence-electron chi connectivity index (χ3n) is 6.02. The van der Waals surface area contributed by atoms with Crippen molar-refractivity contribution in [2.45, 2.75) is 31.6 Å². The number of carbonyl (C=O) groups excluding carboxylic acids is 1. The second-order valence-corrected chi connectivity index (χ2v) is 7.98. The zero-order valence-electron chi connectivity index (χ0n) is 16.4. The third-order valence-corrected chi connectivity index (χ3v) is 6.02. The van der Waals surface area contributed by atoms with E-state index in [0.717, 1.165) is 22.3 Å². The molecule has 1 amide bonds. The van der Waals surface area contributed by atoms with Gasteiger partial charge in [-0.2, -0.15) is 13.2 Å². The number of nitrogens with zero attached hydrogens (tertiary/aromatic N) is 3. The fraction of sp³-hybridized carbons (Fsp3) is 0.273. The molecule has 2 aliphatic heterocycles. The summed E-state index contributed by atoms with van der Waals surface area (Å²) in [4.78, 5) is 27.7. The van der Waals surface area contributed by atoms with Crippen LogP contribution in [0.2, 0.25) is 0 Å². The first-order valence-corrected chi connectivity index (χ1v) is 9.78. The average molecular weight is 429 g/mol. The quantitative estimate of drug-likeness (QED) is 0.674. The smallest absolute Gasteiger partial charge is 0.416 e. The largest absolute Gasteiger partial charge is 0.493 e. The number of fused-ring (bicyclic) bond motifs is 5. The van der Waals surface area contributed by atoms with Crippen LogP contribution >= 0.6 is 0 Å². The molecule has 2 aromatic carbocycles. The lowest BCUT2D eigenvalue weighted by Crippen LogP contribution is -2.37. The lowest BCUT2D eigenvalue weighted by atomic mass is 10.1. The topological polar surface area (TPSA) is 67.5 Å². The summed E-state index contributed by atoms with van der Waals surface area (Å²) in [6, 6.07) is 10.6. The monoisotopic (exact) mass is 429 g/mol. The molecular weight excluding hydrogens is 411 g/mol. The summed E-state index contributed by atoms with van der Waals surface area (Å²) in [6.07, 6.45) is -4.09. The number of imidazole rings is 1. The average Bonchev–Trinajstić information content (AvgIpc) is 3.38. The van der Waals surface area contributed by atoms with Gasteiger partial charge in [-0.05, 0) is 43.7 Å². The van der Waals surface area contributed by atoms with Crippen molar-refractivity contribution in [2.75, 3.05) is 6.54 Å². The fourth-order valence-electron chi connectivity index (χ4n) is 4.67. The summed E-state index contributed by atoms with van der Waals surface area (Å²) in [5.74, 6) is -0.639. The van der Waals surface area contributed by atoms with Crippen LogP contribution in [0.3, 0.4) is 0 Å². The lowest BCUT2D eigenvalue weighted by Gasteiger charge is -2.27. The van der Waals surface area contributed by atoms with E-state index < -0.39 is 29.4 Å².